The summed E-state index contributed by atoms with van der Waals surface area (Å²) in [6.45, 7) is 3.87. The molecule has 4 heteroatoms. The second-order valence-electron chi connectivity index (χ2n) is 3.93. The molecule has 1 heterocycles. The zero-order valence-electron chi connectivity index (χ0n) is 8.66. The fourth-order valence-corrected chi connectivity index (χ4v) is 2.08. The Morgan fingerprint density at radius 1 is 1.64 bits per heavy atom. The SMILES string of the molecule is COC(=O)c1sccc1CC(C)(C)N. The Balaban J connectivity index is 2.88. The van der Waals surface area contributed by atoms with E-state index in [-0.39, 0.29) is 11.5 Å². The van der Waals surface area contributed by atoms with E-state index in [1.54, 1.807) is 0 Å². The van der Waals surface area contributed by atoms with Gasteiger partial charge in [0.25, 0.3) is 0 Å². The van der Waals surface area contributed by atoms with Crippen LogP contribution < -0.4 is 5.73 Å². The third kappa shape index (κ3) is 2.82. The molecular weight excluding hydrogens is 198 g/mol. The van der Waals surface area contributed by atoms with Gasteiger partial charge in [0.1, 0.15) is 4.88 Å². The highest BCUT2D eigenvalue weighted by atomic mass is 32.1. The van der Waals surface area contributed by atoms with Crippen LogP contribution in [-0.2, 0) is 11.2 Å². The lowest BCUT2D eigenvalue weighted by Crippen LogP contribution is -2.34. The van der Waals surface area contributed by atoms with Gasteiger partial charge in [0.15, 0.2) is 0 Å². The van der Waals surface area contributed by atoms with Crippen LogP contribution in [0.3, 0.4) is 0 Å². The number of thiophene rings is 1. The van der Waals surface area contributed by atoms with Crippen LogP contribution in [0.5, 0.6) is 0 Å². The minimum absolute atomic E-state index is 0.278. The van der Waals surface area contributed by atoms with Gasteiger partial charge in [-0.05, 0) is 37.3 Å². The van der Waals surface area contributed by atoms with Crippen LogP contribution in [0.1, 0.15) is 29.1 Å². The lowest BCUT2D eigenvalue weighted by atomic mass is 9.97. The second kappa shape index (κ2) is 4.11. The highest BCUT2D eigenvalue weighted by molar-refractivity contribution is 7.12. The molecule has 0 amide bonds. The first kappa shape index (κ1) is 11.2. The van der Waals surface area contributed by atoms with E-state index in [0.29, 0.717) is 11.3 Å². The van der Waals surface area contributed by atoms with Gasteiger partial charge >= 0.3 is 5.97 Å². The summed E-state index contributed by atoms with van der Waals surface area (Å²) < 4.78 is 4.68. The summed E-state index contributed by atoms with van der Waals surface area (Å²) in [5.74, 6) is -0.278. The minimum Gasteiger partial charge on any atom is -0.465 e. The maximum Gasteiger partial charge on any atom is 0.348 e. The molecule has 0 saturated heterocycles. The molecule has 14 heavy (non-hydrogen) atoms. The summed E-state index contributed by atoms with van der Waals surface area (Å²) in [6, 6.07) is 1.92. The monoisotopic (exact) mass is 213 g/mol. The first-order chi connectivity index (χ1) is 6.44. The maximum atomic E-state index is 11.3. The van der Waals surface area contributed by atoms with Gasteiger partial charge in [0, 0.05) is 5.54 Å². The summed E-state index contributed by atoms with van der Waals surface area (Å²) in [5.41, 5.74) is 6.55. The number of carbonyl (C=O) groups is 1. The van der Waals surface area contributed by atoms with Crippen LogP contribution in [0.2, 0.25) is 0 Å². The third-order valence-electron chi connectivity index (χ3n) is 1.76. The quantitative estimate of drug-likeness (QED) is 0.779. The van der Waals surface area contributed by atoms with Crippen molar-refractivity contribution in [1.29, 1.82) is 0 Å². The van der Waals surface area contributed by atoms with Crippen LogP contribution in [-0.4, -0.2) is 18.6 Å². The van der Waals surface area contributed by atoms with Crippen molar-refractivity contribution in [3.8, 4) is 0 Å². The fraction of sp³-hybridized carbons (Fsp3) is 0.500. The first-order valence-electron chi connectivity index (χ1n) is 4.37. The Morgan fingerprint density at radius 3 is 2.79 bits per heavy atom. The first-order valence-corrected chi connectivity index (χ1v) is 5.25. The average molecular weight is 213 g/mol. The van der Waals surface area contributed by atoms with E-state index in [4.69, 9.17) is 5.73 Å². The van der Waals surface area contributed by atoms with Gasteiger partial charge in [-0.25, -0.2) is 4.79 Å². The normalized spacial score (nSPS) is 11.4. The number of hydrogen-bond donors (Lipinski definition) is 1. The van der Waals surface area contributed by atoms with Gasteiger partial charge in [-0.2, -0.15) is 0 Å². The zero-order valence-corrected chi connectivity index (χ0v) is 9.48. The van der Waals surface area contributed by atoms with Crippen LogP contribution in [0.15, 0.2) is 11.4 Å². The molecule has 0 spiro atoms. The molecule has 0 bridgehead atoms. The summed E-state index contributed by atoms with van der Waals surface area (Å²) >= 11 is 1.39. The fourth-order valence-electron chi connectivity index (χ4n) is 1.24. The summed E-state index contributed by atoms with van der Waals surface area (Å²) in [5, 5.41) is 1.88. The Bertz CT molecular complexity index is 325. The molecule has 0 aromatic carbocycles. The molecule has 0 aliphatic carbocycles. The molecule has 78 valence electrons. The number of hydrogen-bond acceptors (Lipinski definition) is 4. The molecule has 3 nitrogen and oxygen atoms in total. The van der Waals surface area contributed by atoms with Gasteiger partial charge < -0.3 is 10.5 Å². The number of ether oxygens (including phenoxy) is 1. The van der Waals surface area contributed by atoms with Crippen LogP contribution in [0.4, 0.5) is 0 Å². The smallest absolute Gasteiger partial charge is 0.348 e. The van der Waals surface area contributed by atoms with Crippen LogP contribution in [0, 0.1) is 0 Å². The van der Waals surface area contributed by atoms with E-state index < -0.39 is 0 Å². The highest BCUT2D eigenvalue weighted by Crippen LogP contribution is 2.21. The Labute approximate surface area is 87.9 Å². The largest absolute Gasteiger partial charge is 0.465 e. The summed E-state index contributed by atoms with van der Waals surface area (Å²) in [7, 11) is 1.39. The second-order valence-corrected chi connectivity index (χ2v) is 4.85. The van der Waals surface area contributed by atoms with Crippen molar-refractivity contribution in [2.45, 2.75) is 25.8 Å². The van der Waals surface area contributed by atoms with Gasteiger partial charge in [-0.1, -0.05) is 0 Å². The molecule has 0 saturated carbocycles. The lowest BCUT2D eigenvalue weighted by Gasteiger charge is -2.17. The molecule has 0 atom stereocenters. The molecule has 0 fully saturated rings. The predicted molar refractivity (Wildman–Crippen MR) is 57.6 cm³/mol. The van der Waals surface area contributed by atoms with Crippen molar-refractivity contribution in [2.24, 2.45) is 5.73 Å². The van der Waals surface area contributed by atoms with Crippen LogP contribution in [0.25, 0.3) is 0 Å². The van der Waals surface area contributed by atoms with Crippen molar-refractivity contribution in [1.82, 2.24) is 0 Å². The Morgan fingerprint density at radius 2 is 2.29 bits per heavy atom. The zero-order chi connectivity index (χ0) is 10.8. The number of carbonyl (C=O) groups excluding carboxylic acids is 1. The van der Waals surface area contributed by atoms with Gasteiger partial charge in [-0.15, -0.1) is 11.3 Å². The average Bonchev–Trinajstić information content (AvgIpc) is 2.48. The molecule has 1 rings (SSSR count). The van der Waals surface area contributed by atoms with Gasteiger partial charge in [-0.3, -0.25) is 0 Å². The Hall–Kier alpha value is -0.870. The maximum absolute atomic E-state index is 11.3. The molecular formula is C10H15NO2S. The Kier molecular flexibility index (Phi) is 3.29. The third-order valence-corrected chi connectivity index (χ3v) is 2.70. The molecule has 0 unspecified atom stereocenters. The number of esters is 1. The molecule has 1 aromatic rings. The van der Waals surface area contributed by atoms with Gasteiger partial charge in [0.05, 0.1) is 7.11 Å². The lowest BCUT2D eigenvalue weighted by molar-refractivity contribution is 0.0605. The van der Waals surface area contributed by atoms with E-state index >= 15 is 0 Å². The number of nitrogens with two attached hydrogens (primary N) is 1. The van der Waals surface area contributed by atoms with Crippen molar-refractivity contribution < 1.29 is 9.53 Å². The van der Waals surface area contributed by atoms with Crippen molar-refractivity contribution in [3.05, 3.63) is 21.9 Å². The van der Waals surface area contributed by atoms with Crippen molar-refractivity contribution in [3.63, 3.8) is 0 Å². The topological polar surface area (TPSA) is 52.3 Å². The standard InChI is InChI=1S/C10H15NO2S/c1-10(2,11)6-7-4-5-14-8(7)9(12)13-3/h4-5H,6,11H2,1-3H3. The van der Waals surface area contributed by atoms with E-state index in [9.17, 15) is 4.79 Å². The molecule has 0 aliphatic rings. The summed E-state index contributed by atoms with van der Waals surface area (Å²) in [4.78, 5) is 12.0. The molecule has 2 N–H and O–H groups in total. The van der Waals surface area contributed by atoms with E-state index in [1.165, 1.54) is 18.4 Å². The van der Waals surface area contributed by atoms with Crippen molar-refractivity contribution in [2.75, 3.05) is 7.11 Å². The molecule has 0 aliphatic heterocycles. The highest BCUT2D eigenvalue weighted by Gasteiger charge is 2.19. The van der Waals surface area contributed by atoms with E-state index in [1.807, 2.05) is 25.3 Å². The molecule has 1 aromatic heterocycles. The summed E-state index contributed by atoms with van der Waals surface area (Å²) in [6.07, 6.45) is 0.681. The predicted octanol–water partition coefficient (Wildman–Crippen LogP) is 1.81. The van der Waals surface area contributed by atoms with E-state index in [0.717, 1.165) is 5.56 Å². The minimum atomic E-state index is -0.302. The van der Waals surface area contributed by atoms with Gasteiger partial charge in [0.2, 0.25) is 0 Å². The number of rotatable bonds is 3. The van der Waals surface area contributed by atoms with E-state index in [2.05, 4.69) is 4.74 Å². The molecule has 0 radical (unpaired) electrons. The van der Waals surface area contributed by atoms with Crippen molar-refractivity contribution >= 4 is 17.3 Å². The number of methoxy groups -OCH3 is 1. The van der Waals surface area contributed by atoms with Crippen LogP contribution >= 0.6 is 11.3 Å².